The number of halogens is 1. The van der Waals surface area contributed by atoms with Gasteiger partial charge in [0.2, 0.25) is 5.88 Å². The summed E-state index contributed by atoms with van der Waals surface area (Å²) in [5.41, 5.74) is 0.665. The summed E-state index contributed by atoms with van der Waals surface area (Å²) in [5, 5.41) is 9.54. The van der Waals surface area contributed by atoms with Crippen molar-refractivity contribution in [3.63, 3.8) is 0 Å². The summed E-state index contributed by atoms with van der Waals surface area (Å²) >= 11 is 5.85. The molecule has 88 valence electrons. The molecule has 0 spiro atoms. The molecule has 1 fully saturated rings. The Morgan fingerprint density at radius 2 is 2.19 bits per heavy atom. The first-order chi connectivity index (χ1) is 7.79. The SMILES string of the molecule is OCc1cc(OCC2CCCC2)ncc1Cl. The third-order valence-electron chi connectivity index (χ3n) is 3.02. The summed E-state index contributed by atoms with van der Waals surface area (Å²) < 4.78 is 5.61. The van der Waals surface area contributed by atoms with Crippen molar-refractivity contribution in [1.29, 1.82) is 0 Å². The number of ether oxygens (including phenoxy) is 1. The normalized spacial score (nSPS) is 16.6. The predicted molar refractivity (Wildman–Crippen MR) is 62.6 cm³/mol. The van der Waals surface area contributed by atoms with E-state index < -0.39 is 0 Å². The van der Waals surface area contributed by atoms with E-state index >= 15 is 0 Å². The van der Waals surface area contributed by atoms with Crippen LogP contribution in [0, 0.1) is 5.92 Å². The van der Waals surface area contributed by atoms with Crippen molar-refractivity contribution in [2.24, 2.45) is 5.92 Å². The van der Waals surface area contributed by atoms with Gasteiger partial charge in [-0.1, -0.05) is 24.4 Å². The predicted octanol–water partition coefficient (Wildman–Crippen LogP) is 2.80. The van der Waals surface area contributed by atoms with Crippen molar-refractivity contribution in [1.82, 2.24) is 4.98 Å². The van der Waals surface area contributed by atoms with Crippen LogP contribution in [0.15, 0.2) is 12.3 Å². The first-order valence-electron chi connectivity index (χ1n) is 5.67. The maximum atomic E-state index is 9.05. The van der Waals surface area contributed by atoms with Crippen molar-refractivity contribution in [2.45, 2.75) is 32.3 Å². The summed E-state index contributed by atoms with van der Waals surface area (Å²) in [5.74, 6) is 1.22. The average molecular weight is 242 g/mol. The van der Waals surface area contributed by atoms with Gasteiger partial charge in [0.15, 0.2) is 0 Å². The number of hydrogen-bond acceptors (Lipinski definition) is 3. The number of aromatic nitrogens is 1. The fourth-order valence-electron chi connectivity index (χ4n) is 2.04. The van der Waals surface area contributed by atoms with Crippen molar-refractivity contribution in [3.8, 4) is 5.88 Å². The molecule has 1 aromatic heterocycles. The minimum absolute atomic E-state index is 0.0822. The van der Waals surface area contributed by atoms with E-state index in [1.165, 1.54) is 31.9 Å². The molecule has 0 aliphatic heterocycles. The van der Waals surface area contributed by atoms with Crippen LogP contribution in [0.2, 0.25) is 5.02 Å². The molecule has 1 aliphatic rings. The molecule has 16 heavy (non-hydrogen) atoms. The van der Waals surface area contributed by atoms with Crippen LogP contribution in [0.5, 0.6) is 5.88 Å². The highest BCUT2D eigenvalue weighted by Gasteiger charge is 2.15. The Balaban J connectivity index is 1.93. The van der Waals surface area contributed by atoms with Crippen LogP contribution in [0.25, 0.3) is 0 Å². The second-order valence-corrected chi connectivity index (χ2v) is 4.64. The Labute approximate surface area is 100 Å². The van der Waals surface area contributed by atoms with Gasteiger partial charge >= 0.3 is 0 Å². The minimum Gasteiger partial charge on any atom is -0.477 e. The fourth-order valence-corrected chi connectivity index (χ4v) is 2.20. The zero-order valence-corrected chi connectivity index (χ0v) is 9.91. The molecule has 4 heteroatoms. The Hall–Kier alpha value is -0.800. The molecule has 2 rings (SSSR count). The van der Waals surface area contributed by atoms with Gasteiger partial charge in [-0.2, -0.15) is 0 Å². The van der Waals surface area contributed by atoms with E-state index in [1.807, 2.05) is 0 Å². The van der Waals surface area contributed by atoms with E-state index in [4.69, 9.17) is 21.4 Å². The number of hydrogen-bond donors (Lipinski definition) is 1. The average Bonchev–Trinajstić information content (AvgIpc) is 2.81. The Morgan fingerprint density at radius 3 is 2.88 bits per heavy atom. The molecule has 3 nitrogen and oxygen atoms in total. The molecule has 1 N–H and O–H groups in total. The maximum Gasteiger partial charge on any atom is 0.213 e. The zero-order chi connectivity index (χ0) is 11.4. The number of aliphatic hydroxyl groups excluding tert-OH is 1. The minimum atomic E-state index is -0.0822. The monoisotopic (exact) mass is 241 g/mol. The second kappa shape index (κ2) is 5.51. The van der Waals surface area contributed by atoms with E-state index in [1.54, 1.807) is 6.07 Å². The van der Waals surface area contributed by atoms with Gasteiger partial charge in [0.05, 0.1) is 18.2 Å². The third kappa shape index (κ3) is 2.86. The largest absolute Gasteiger partial charge is 0.477 e. The summed E-state index contributed by atoms with van der Waals surface area (Å²) in [7, 11) is 0. The van der Waals surface area contributed by atoms with Crippen LogP contribution in [0.4, 0.5) is 0 Å². The highest BCUT2D eigenvalue weighted by atomic mass is 35.5. The molecule has 0 radical (unpaired) electrons. The molecule has 0 aromatic carbocycles. The molecule has 0 unspecified atom stereocenters. The van der Waals surface area contributed by atoms with Crippen LogP contribution in [-0.4, -0.2) is 16.7 Å². The Morgan fingerprint density at radius 1 is 1.44 bits per heavy atom. The molecule has 1 aromatic rings. The summed E-state index contributed by atoms with van der Waals surface area (Å²) in [6, 6.07) is 1.71. The van der Waals surface area contributed by atoms with Crippen LogP contribution >= 0.6 is 11.6 Å². The topological polar surface area (TPSA) is 42.4 Å². The van der Waals surface area contributed by atoms with Crippen molar-refractivity contribution in [3.05, 3.63) is 22.8 Å². The highest BCUT2D eigenvalue weighted by Crippen LogP contribution is 2.26. The van der Waals surface area contributed by atoms with Crippen molar-refractivity contribution >= 4 is 11.6 Å². The standard InChI is InChI=1S/C12H16ClNO2/c13-11-6-14-12(5-10(11)7-15)16-8-9-3-1-2-4-9/h5-6,9,15H,1-4,7-8H2. The molecule has 1 heterocycles. The molecule has 0 amide bonds. The van der Waals surface area contributed by atoms with Gasteiger partial charge in [0.25, 0.3) is 0 Å². The lowest BCUT2D eigenvalue weighted by Crippen LogP contribution is -2.09. The lowest BCUT2D eigenvalue weighted by Gasteiger charge is -2.11. The first-order valence-corrected chi connectivity index (χ1v) is 6.05. The molecule has 1 saturated carbocycles. The smallest absolute Gasteiger partial charge is 0.213 e. The maximum absolute atomic E-state index is 9.05. The van der Waals surface area contributed by atoms with E-state index in [2.05, 4.69) is 4.98 Å². The van der Waals surface area contributed by atoms with Crippen molar-refractivity contribution < 1.29 is 9.84 Å². The summed E-state index contributed by atoms with van der Waals surface area (Å²) in [6.45, 7) is 0.640. The third-order valence-corrected chi connectivity index (χ3v) is 3.36. The van der Waals surface area contributed by atoms with E-state index in [0.717, 1.165) is 6.61 Å². The van der Waals surface area contributed by atoms with E-state index in [0.29, 0.717) is 22.4 Å². The van der Waals surface area contributed by atoms with Gasteiger partial charge in [0, 0.05) is 17.8 Å². The van der Waals surface area contributed by atoms with Crippen LogP contribution in [-0.2, 0) is 6.61 Å². The molecule has 0 saturated heterocycles. The van der Waals surface area contributed by atoms with Gasteiger partial charge in [-0.05, 0) is 18.8 Å². The number of pyridine rings is 1. The first kappa shape index (κ1) is 11.7. The second-order valence-electron chi connectivity index (χ2n) is 4.23. The van der Waals surface area contributed by atoms with Gasteiger partial charge in [-0.15, -0.1) is 0 Å². The van der Waals surface area contributed by atoms with Crippen LogP contribution in [0.3, 0.4) is 0 Å². The van der Waals surface area contributed by atoms with Gasteiger partial charge < -0.3 is 9.84 Å². The Kier molecular flexibility index (Phi) is 4.02. The fraction of sp³-hybridized carbons (Fsp3) is 0.583. The van der Waals surface area contributed by atoms with Crippen LogP contribution in [0.1, 0.15) is 31.2 Å². The van der Waals surface area contributed by atoms with Crippen LogP contribution < -0.4 is 4.74 Å². The number of rotatable bonds is 4. The van der Waals surface area contributed by atoms with Crippen molar-refractivity contribution in [2.75, 3.05) is 6.61 Å². The number of nitrogens with zero attached hydrogens (tertiary/aromatic N) is 1. The lowest BCUT2D eigenvalue weighted by atomic mass is 10.1. The zero-order valence-electron chi connectivity index (χ0n) is 9.16. The summed E-state index contributed by atoms with van der Waals surface area (Å²) in [4.78, 5) is 4.08. The molecular formula is C12H16ClNO2. The van der Waals surface area contributed by atoms with Gasteiger partial charge in [0.1, 0.15) is 0 Å². The molecule has 1 aliphatic carbocycles. The quantitative estimate of drug-likeness (QED) is 0.882. The summed E-state index contributed by atoms with van der Waals surface area (Å²) in [6.07, 6.45) is 6.64. The van der Waals surface area contributed by atoms with Gasteiger partial charge in [-0.25, -0.2) is 4.98 Å². The highest BCUT2D eigenvalue weighted by molar-refractivity contribution is 6.31. The molecule has 0 bridgehead atoms. The molecular weight excluding hydrogens is 226 g/mol. The Bertz CT molecular complexity index is 351. The van der Waals surface area contributed by atoms with E-state index in [9.17, 15) is 0 Å². The van der Waals surface area contributed by atoms with Gasteiger partial charge in [-0.3, -0.25) is 0 Å². The van der Waals surface area contributed by atoms with E-state index in [-0.39, 0.29) is 6.61 Å². The molecule has 0 atom stereocenters. The number of aliphatic hydroxyl groups is 1. The lowest BCUT2D eigenvalue weighted by molar-refractivity contribution is 0.241.